The van der Waals surface area contributed by atoms with Gasteiger partial charge in [0.15, 0.2) is 0 Å². The number of hydrogen-bond donors (Lipinski definition) is 1. The van der Waals surface area contributed by atoms with E-state index in [4.69, 9.17) is 4.74 Å². The van der Waals surface area contributed by atoms with Crippen molar-refractivity contribution in [3.05, 3.63) is 35.9 Å². The number of hydrogen-bond acceptors (Lipinski definition) is 2. The predicted octanol–water partition coefficient (Wildman–Crippen LogP) is 3.02. The van der Waals surface area contributed by atoms with Crippen LogP contribution in [0.4, 0.5) is 0 Å². The summed E-state index contributed by atoms with van der Waals surface area (Å²) < 4.78 is 5.75. The van der Waals surface area contributed by atoms with Crippen LogP contribution in [0.15, 0.2) is 30.3 Å². The van der Waals surface area contributed by atoms with Gasteiger partial charge in [-0.1, -0.05) is 37.3 Å². The smallest absolute Gasteiger partial charge is 0.0671 e. The van der Waals surface area contributed by atoms with Crippen molar-refractivity contribution in [2.45, 2.75) is 39.2 Å². The Labute approximate surface area is 105 Å². The van der Waals surface area contributed by atoms with Crippen molar-refractivity contribution in [3.8, 4) is 0 Å². The van der Waals surface area contributed by atoms with Crippen molar-refractivity contribution in [2.24, 2.45) is 0 Å². The average molecular weight is 235 g/mol. The van der Waals surface area contributed by atoms with Crippen LogP contribution in [0.1, 0.15) is 32.3 Å². The molecule has 0 saturated heterocycles. The molecule has 0 fully saturated rings. The molecule has 1 unspecified atom stereocenters. The van der Waals surface area contributed by atoms with Gasteiger partial charge in [0.1, 0.15) is 0 Å². The largest absolute Gasteiger partial charge is 0.377 e. The fraction of sp³-hybridized carbons (Fsp3) is 0.600. The maximum atomic E-state index is 5.75. The summed E-state index contributed by atoms with van der Waals surface area (Å²) in [6, 6.07) is 10.6. The monoisotopic (exact) mass is 235 g/mol. The minimum atomic E-state index is 0.317. The summed E-state index contributed by atoms with van der Waals surface area (Å²) in [4.78, 5) is 0. The normalized spacial score (nSPS) is 12.6. The molecule has 1 N–H and O–H groups in total. The number of rotatable bonds is 9. The van der Waals surface area contributed by atoms with Crippen LogP contribution in [0.5, 0.6) is 0 Å². The first-order valence-electron chi connectivity index (χ1n) is 6.69. The summed E-state index contributed by atoms with van der Waals surface area (Å²) in [5.74, 6) is 0. The lowest BCUT2D eigenvalue weighted by atomic mass is 10.1. The first-order chi connectivity index (χ1) is 8.33. The molecule has 0 aromatic heterocycles. The van der Waals surface area contributed by atoms with Crippen LogP contribution >= 0.6 is 0 Å². The first kappa shape index (κ1) is 14.2. The Balaban J connectivity index is 2.00. The van der Waals surface area contributed by atoms with Crippen LogP contribution in [0.3, 0.4) is 0 Å². The zero-order valence-corrected chi connectivity index (χ0v) is 11.1. The van der Waals surface area contributed by atoms with E-state index < -0.39 is 0 Å². The molecule has 0 radical (unpaired) electrons. The molecule has 2 nitrogen and oxygen atoms in total. The van der Waals surface area contributed by atoms with Crippen molar-refractivity contribution in [1.29, 1.82) is 0 Å². The van der Waals surface area contributed by atoms with E-state index in [0.717, 1.165) is 32.5 Å². The van der Waals surface area contributed by atoms with Gasteiger partial charge in [-0.05, 0) is 38.3 Å². The third-order valence-electron chi connectivity index (χ3n) is 2.71. The maximum absolute atomic E-state index is 5.75. The highest BCUT2D eigenvalue weighted by Crippen LogP contribution is 2.03. The number of nitrogens with one attached hydrogen (secondary N) is 1. The molecule has 1 atom stereocenters. The zero-order valence-electron chi connectivity index (χ0n) is 11.1. The first-order valence-corrected chi connectivity index (χ1v) is 6.69. The molecule has 1 aromatic rings. The fourth-order valence-electron chi connectivity index (χ4n) is 1.75. The molecule has 0 amide bonds. The van der Waals surface area contributed by atoms with E-state index >= 15 is 0 Å². The predicted molar refractivity (Wildman–Crippen MR) is 73.3 cm³/mol. The Morgan fingerprint density at radius 2 is 2.00 bits per heavy atom. The highest BCUT2D eigenvalue weighted by Gasteiger charge is 2.00. The molecule has 1 rings (SSSR count). The molecular weight excluding hydrogens is 210 g/mol. The number of ether oxygens (including phenoxy) is 1. The summed E-state index contributed by atoms with van der Waals surface area (Å²) in [5.41, 5.74) is 1.40. The average Bonchev–Trinajstić information content (AvgIpc) is 2.36. The highest BCUT2D eigenvalue weighted by molar-refractivity contribution is 5.14. The molecule has 0 spiro atoms. The van der Waals surface area contributed by atoms with E-state index in [-0.39, 0.29) is 0 Å². The molecule has 0 bridgehead atoms. The molecular formula is C15H25NO. The summed E-state index contributed by atoms with van der Waals surface area (Å²) in [7, 11) is 0. The molecule has 0 aliphatic rings. The van der Waals surface area contributed by atoms with Gasteiger partial charge in [0, 0.05) is 13.2 Å². The molecule has 96 valence electrons. The summed E-state index contributed by atoms with van der Waals surface area (Å²) in [6.45, 7) is 7.20. The molecule has 0 heterocycles. The van der Waals surface area contributed by atoms with Gasteiger partial charge in [-0.3, -0.25) is 0 Å². The van der Waals surface area contributed by atoms with Gasteiger partial charge < -0.3 is 10.1 Å². The van der Waals surface area contributed by atoms with Crippen molar-refractivity contribution >= 4 is 0 Å². The van der Waals surface area contributed by atoms with Gasteiger partial charge in [0.2, 0.25) is 0 Å². The van der Waals surface area contributed by atoms with Gasteiger partial charge in [-0.15, -0.1) is 0 Å². The van der Waals surface area contributed by atoms with Gasteiger partial charge in [-0.25, -0.2) is 0 Å². The van der Waals surface area contributed by atoms with Crippen molar-refractivity contribution in [1.82, 2.24) is 5.32 Å². The topological polar surface area (TPSA) is 21.3 Å². The van der Waals surface area contributed by atoms with Crippen molar-refractivity contribution < 1.29 is 4.74 Å². The van der Waals surface area contributed by atoms with Gasteiger partial charge >= 0.3 is 0 Å². The Bertz CT molecular complexity index is 274. The Hall–Kier alpha value is -0.860. The van der Waals surface area contributed by atoms with E-state index in [1.165, 1.54) is 12.0 Å². The van der Waals surface area contributed by atoms with Crippen LogP contribution in [0.2, 0.25) is 0 Å². The van der Waals surface area contributed by atoms with E-state index in [2.05, 4.69) is 49.5 Å². The summed E-state index contributed by atoms with van der Waals surface area (Å²) >= 11 is 0. The minimum Gasteiger partial charge on any atom is -0.377 e. The lowest BCUT2D eigenvalue weighted by Crippen LogP contribution is -2.27. The fourth-order valence-corrected chi connectivity index (χ4v) is 1.75. The molecule has 0 aliphatic carbocycles. The van der Waals surface area contributed by atoms with E-state index in [0.29, 0.717) is 6.10 Å². The van der Waals surface area contributed by atoms with Crippen LogP contribution in [0.25, 0.3) is 0 Å². The SMILES string of the molecule is CCCNCC(C)OCCCc1ccccc1. The highest BCUT2D eigenvalue weighted by atomic mass is 16.5. The maximum Gasteiger partial charge on any atom is 0.0671 e. The lowest BCUT2D eigenvalue weighted by molar-refractivity contribution is 0.0645. The Morgan fingerprint density at radius 3 is 2.71 bits per heavy atom. The number of benzene rings is 1. The van der Waals surface area contributed by atoms with E-state index in [9.17, 15) is 0 Å². The van der Waals surface area contributed by atoms with E-state index in [1.807, 2.05) is 0 Å². The molecule has 0 aliphatic heterocycles. The molecule has 2 heteroatoms. The standard InChI is InChI=1S/C15H25NO/c1-3-11-16-13-14(2)17-12-7-10-15-8-5-4-6-9-15/h4-6,8-9,14,16H,3,7,10-13H2,1-2H3. The second-order valence-corrected chi connectivity index (χ2v) is 4.47. The second-order valence-electron chi connectivity index (χ2n) is 4.47. The van der Waals surface area contributed by atoms with Crippen LogP contribution in [-0.4, -0.2) is 25.8 Å². The van der Waals surface area contributed by atoms with Crippen LogP contribution in [-0.2, 0) is 11.2 Å². The van der Waals surface area contributed by atoms with E-state index in [1.54, 1.807) is 0 Å². The van der Waals surface area contributed by atoms with Crippen molar-refractivity contribution in [3.63, 3.8) is 0 Å². The Kier molecular flexibility index (Phi) is 7.69. The molecule has 1 aromatic carbocycles. The Morgan fingerprint density at radius 1 is 1.24 bits per heavy atom. The third kappa shape index (κ3) is 7.14. The van der Waals surface area contributed by atoms with Gasteiger partial charge in [-0.2, -0.15) is 0 Å². The molecule has 17 heavy (non-hydrogen) atoms. The quantitative estimate of drug-likeness (QED) is 0.664. The van der Waals surface area contributed by atoms with Gasteiger partial charge in [0.05, 0.1) is 6.10 Å². The zero-order chi connectivity index (χ0) is 12.3. The second kappa shape index (κ2) is 9.20. The van der Waals surface area contributed by atoms with Gasteiger partial charge in [0.25, 0.3) is 0 Å². The van der Waals surface area contributed by atoms with Crippen LogP contribution in [0, 0.1) is 0 Å². The summed E-state index contributed by atoms with van der Waals surface area (Å²) in [6.07, 6.45) is 3.70. The molecule has 0 saturated carbocycles. The third-order valence-corrected chi connectivity index (χ3v) is 2.71. The van der Waals surface area contributed by atoms with Crippen LogP contribution < -0.4 is 5.32 Å². The number of aryl methyl sites for hydroxylation is 1. The van der Waals surface area contributed by atoms with Crippen molar-refractivity contribution in [2.75, 3.05) is 19.7 Å². The lowest BCUT2D eigenvalue weighted by Gasteiger charge is -2.13. The minimum absolute atomic E-state index is 0.317. The summed E-state index contributed by atoms with van der Waals surface area (Å²) in [5, 5.41) is 3.37.